The molecule has 2 aromatic carbocycles. The van der Waals surface area contributed by atoms with E-state index in [-0.39, 0.29) is 22.6 Å². The zero-order valence-corrected chi connectivity index (χ0v) is 10.2. The molecule has 0 saturated carbocycles. The van der Waals surface area contributed by atoms with E-state index in [1.165, 1.54) is 42.5 Å². The van der Waals surface area contributed by atoms with Crippen molar-refractivity contribution in [2.24, 2.45) is 0 Å². The lowest BCUT2D eigenvalue weighted by Crippen LogP contribution is -2.12. The number of carboxylic acid groups (broad SMARTS) is 1. The monoisotopic (exact) mass is 273 g/mol. The summed E-state index contributed by atoms with van der Waals surface area (Å²) in [4.78, 5) is 22.8. The Morgan fingerprint density at radius 2 is 1.70 bits per heavy atom. The first-order valence-electron chi connectivity index (χ1n) is 5.64. The van der Waals surface area contributed by atoms with E-state index in [9.17, 15) is 19.8 Å². The molecule has 2 aromatic rings. The van der Waals surface area contributed by atoms with Crippen LogP contribution in [-0.2, 0) is 0 Å². The van der Waals surface area contributed by atoms with Crippen LogP contribution >= 0.6 is 0 Å². The number of phenols is 2. The summed E-state index contributed by atoms with van der Waals surface area (Å²) in [6.07, 6.45) is 0. The number of benzene rings is 2. The third-order valence-electron chi connectivity index (χ3n) is 2.62. The molecule has 0 aromatic heterocycles. The van der Waals surface area contributed by atoms with Crippen molar-refractivity contribution in [2.45, 2.75) is 0 Å². The van der Waals surface area contributed by atoms with Crippen LogP contribution in [0.4, 0.5) is 5.69 Å². The second-order valence-corrected chi connectivity index (χ2v) is 4.01. The molecule has 0 aliphatic carbocycles. The number of para-hydroxylation sites is 1. The number of carbonyl (C=O) groups excluding carboxylic acids is 1. The molecule has 1 amide bonds. The summed E-state index contributed by atoms with van der Waals surface area (Å²) >= 11 is 0. The van der Waals surface area contributed by atoms with Gasteiger partial charge in [0.15, 0.2) is 5.75 Å². The number of amides is 1. The minimum Gasteiger partial charge on any atom is -0.508 e. The van der Waals surface area contributed by atoms with Crippen LogP contribution in [0.2, 0.25) is 0 Å². The zero-order valence-electron chi connectivity index (χ0n) is 10.2. The van der Waals surface area contributed by atoms with Crippen LogP contribution in [0.1, 0.15) is 20.7 Å². The van der Waals surface area contributed by atoms with Crippen molar-refractivity contribution >= 4 is 17.6 Å². The van der Waals surface area contributed by atoms with Crippen molar-refractivity contribution < 1.29 is 24.9 Å². The Balaban J connectivity index is 2.29. The summed E-state index contributed by atoms with van der Waals surface area (Å²) in [7, 11) is 0. The van der Waals surface area contributed by atoms with Crippen molar-refractivity contribution in [1.82, 2.24) is 0 Å². The number of hydrogen-bond donors (Lipinski definition) is 4. The first kappa shape index (κ1) is 13.4. The van der Waals surface area contributed by atoms with Gasteiger partial charge < -0.3 is 20.6 Å². The van der Waals surface area contributed by atoms with Crippen LogP contribution in [0.15, 0.2) is 42.5 Å². The van der Waals surface area contributed by atoms with E-state index in [1.54, 1.807) is 0 Å². The normalized spacial score (nSPS) is 10.0. The second kappa shape index (κ2) is 5.31. The highest BCUT2D eigenvalue weighted by Crippen LogP contribution is 2.28. The van der Waals surface area contributed by atoms with E-state index in [0.29, 0.717) is 0 Å². The van der Waals surface area contributed by atoms with Crippen LogP contribution < -0.4 is 5.32 Å². The van der Waals surface area contributed by atoms with Gasteiger partial charge in [-0.2, -0.15) is 0 Å². The van der Waals surface area contributed by atoms with Crippen molar-refractivity contribution in [2.75, 3.05) is 5.32 Å². The van der Waals surface area contributed by atoms with Gasteiger partial charge in [-0.15, -0.1) is 0 Å². The average Bonchev–Trinajstić information content (AvgIpc) is 2.40. The summed E-state index contributed by atoms with van der Waals surface area (Å²) in [6.45, 7) is 0. The molecule has 4 N–H and O–H groups in total. The summed E-state index contributed by atoms with van der Waals surface area (Å²) in [6, 6.07) is 9.66. The van der Waals surface area contributed by atoms with E-state index >= 15 is 0 Å². The third-order valence-corrected chi connectivity index (χ3v) is 2.62. The van der Waals surface area contributed by atoms with Crippen molar-refractivity contribution in [3.8, 4) is 11.5 Å². The smallest absolute Gasteiger partial charge is 0.339 e. The third kappa shape index (κ3) is 2.69. The molecule has 0 bridgehead atoms. The van der Waals surface area contributed by atoms with Gasteiger partial charge in [0, 0.05) is 5.56 Å². The van der Waals surface area contributed by atoms with Crippen LogP contribution in [0.5, 0.6) is 11.5 Å². The highest BCUT2D eigenvalue weighted by Gasteiger charge is 2.15. The maximum absolute atomic E-state index is 11.9. The maximum atomic E-state index is 11.9. The molecule has 0 unspecified atom stereocenters. The fourth-order valence-electron chi connectivity index (χ4n) is 1.66. The number of phenolic OH excluding ortho intramolecular Hbond substituents is 1. The lowest BCUT2D eigenvalue weighted by atomic mass is 10.1. The van der Waals surface area contributed by atoms with Crippen LogP contribution in [0, 0.1) is 0 Å². The molecular weight excluding hydrogens is 262 g/mol. The topological polar surface area (TPSA) is 107 Å². The van der Waals surface area contributed by atoms with E-state index in [1.807, 2.05) is 0 Å². The van der Waals surface area contributed by atoms with Gasteiger partial charge in [0.1, 0.15) is 11.3 Å². The maximum Gasteiger partial charge on any atom is 0.339 e. The molecule has 20 heavy (non-hydrogen) atoms. The van der Waals surface area contributed by atoms with Gasteiger partial charge in [0.25, 0.3) is 5.91 Å². The van der Waals surface area contributed by atoms with Crippen molar-refractivity contribution in [3.05, 3.63) is 53.6 Å². The van der Waals surface area contributed by atoms with Crippen molar-refractivity contribution in [3.63, 3.8) is 0 Å². The van der Waals surface area contributed by atoms with E-state index in [4.69, 9.17) is 5.11 Å². The van der Waals surface area contributed by atoms with Crippen LogP contribution in [-0.4, -0.2) is 27.2 Å². The van der Waals surface area contributed by atoms with E-state index in [2.05, 4.69) is 5.32 Å². The average molecular weight is 273 g/mol. The SMILES string of the molecule is O=C(Nc1cccc(C(=O)O)c1O)c1cccc(O)c1. The molecule has 0 saturated heterocycles. The number of aromatic carboxylic acids is 1. The summed E-state index contributed by atoms with van der Waals surface area (Å²) in [5.41, 5.74) is -0.137. The molecule has 0 aliphatic heterocycles. The molecule has 0 fully saturated rings. The van der Waals surface area contributed by atoms with E-state index < -0.39 is 17.6 Å². The molecule has 6 nitrogen and oxygen atoms in total. The Morgan fingerprint density at radius 3 is 2.35 bits per heavy atom. The Hall–Kier alpha value is -3.02. The number of hydrogen-bond acceptors (Lipinski definition) is 4. The van der Waals surface area contributed by atoms with Crippen LogP contribution in [0.3, 0.4) is 0 Å². The predicted octanol–water partition coefficient (Wildman–Crippen LogP) is 2.05. The number of carboxylic acids is 1. The van der Waals surface area contributed by atoms with Gasteiger partial charge in [-0.3, -0.25) is 4.79 Å². The molecule has 2 rings (SSSR count). The molecule has 0 radical (unpaired) electrons. The molecule has 102 valence electrons. The van der Waals surface area contributed by atoms with Crippen LogP contribution in [0.25, 0.3) is 0 Å². The predicted molar refractivity (Wildman–Crippen MR) is 71.1 cm³/mol. The highest BCUT2D eigenvalue weighted by atomic mass is 16.4. The van der Waals surface area contributed by atoms with Gasteiger partial charge in [-0.05, 0) is 30.3 Å². The van der Waals surface area contributed by atoms with Crippen molar-refractivity contribution in [1.29, 1.82) is 0 Å². The molecule has 0 aliphatic rings. The zero-order chi connectivity index (χ0) is 14.7. The number of anilines is 1. The lowest BCUT2D eigenvalue weighted by molar-refractivity contribution is 0.0693. The van der Waals surface area contributed by atoms with Gasteiger partial charge in [-0.1, -0.05) is 12.1 Å². The Morgan fingerprint density at radius 1 is 1.00 bits per heavy atom. The second-order valence-electron chi connectivity index (χ2n) is 4.01. The van der Waals surface area contributed by atoms with Gasteiger partial charge in [0.2, 0.25) is 0 Å². The molecular formula is C14H11NO5. The quantitative estimate of drug-likeness (QED) is 0.640. The number of nitrogens with one attached hydrogen (secondary N) is 1. The molecule has 0 heterocycles. The molecule has 0 atom stereocenters. The number of aromatic hydroxyl groups is 2. The first-order chi connectivity index (χ1) is 9.49. The lowest BCUT2D eigenvalue weighted by Gasteiger charge is -2.09. The standard InChI is InChI=1S/C14H11NO5/c16-9-4-1-3-8(7-9)13(18)15-11-6-2-5-10(12(11)17)14(19)20/h1-7,16-17H,(H,15,18)(H,19,20). The highest BCUT2D eigenvalue weighted by molar-refractivity contribution is 6.06. The van der Waals surface area contributed by atoms with E-state index in [0.717, 1.165) is 0 Å². The summed E-state index contributed by atoms with van der Waals surface area (Å²) in [5.74, 6) is -2.45. The first-order valence-corrected chi connectivity index (χ1v) is 5.64. The molecule has 0 spiro atoms. The number of rotatable bonds is 3. The fraction of sp³-hybridized carbons (Fsp3) is 0. The Bertz CT molecular complexity index is 681. The fourth-order valence-corrected chi connectivity index (χ4v) is 1.66. The number of carbonyl (C=O) groups is 2. The Kier molecular flexibility index (Phi) is 3.56. The largest absolute Gasteiger partial charge is 0.508 e. The van der Waals surface area contributed by atoms with Gasteiger partial charge in [-0.25, -0.2) is 4.79 Å². The Labute approximate surface area is 113 Å². The molecule has 6 heteroatoms. The van der Waals surface area contributed by atoms with Gasteiger partial charge >= 0.3 is 5.97 Å². The minimum atomic E-state index is -1.30. The summed E-state index contributed by atoms with van der Waals surface area (Å²) in [5, 5.41) is 30.3. The summed E-state index contributed by atoms with van der Waals surface area (Å²) < 4.78 is 0. The minimum absolute atomic E-state index is 0.0155. The van der Waals surface area contributed by atoms with Gasteiger partial charge in [0.05, 0.1) is 5.69 Å².